The van der Waals surface area contributed by atoms with Crippen LogP contribution in [-0.4, -0.2) is 24.3 Å². The summed E-state index contributed by atoms with van der Waals surface area (Å²) in [7, 11) is 0. The second-order valence-corrected chi connectivity index (χ2v) is 7.35. The van der Waals surface area contributed by atoms with Gasteiger partial charge in [-0.05, 0) is 51.8 Å². The minimum Gasteiger partial charge on any atom is -0.444 e. The van der Waals surface area contributed by atoms with Crippen LogP contribution in [0, 0.1) is 0 Å². The van der Waals surface area contributed by atoms with E-state index in [1.54, 1.807) is 0 Å². The van der Waals surface area contributed by atoms with E-state index in [1.165, 1.54) is 5.56 Å². The van der Waals surface area contributed by atoms with Crippen LogP contribution in [0.2, 0.25) is 0 Å². The van der Waals surface area contributed by atoms with Crippen molar-refractivity contribution < 1.29 is 9.53 Å². The molecule has 4 nitrogen and oxygen atoms in total. The lowest BCUT2D eigenvalue weighted by Gasteiger charge is -2.24. The first-order valence-electron chi connectivity index (χ1n) is 7.69. The molecule has 0 aliphatic carbocycles. The lowest BCUT2D eigenvalue weighted by atomic mass is 10.1. The summed E-state index contributed by atoms with van der Waals surface area (Å²) in [5, 5.41) is 6.36. The van der Waals surface area contributed by atoms with Crippen LogP contribution in [-0.2, 0) is 4.74 Å². The van der Waals surface area contributed by atoms with Crippen molar-refractivity contribution in [2.75, 3.05) is 6.54 Å². The van der Waals surface area contributed by atoms with Gasteiger partial charge < -0.3 is 15.4 Å². The number of amides is 1. The number of hydrogen-bond donors (Lipinski definition) is 2. The molecular formula is C17H27BrN2O2. The molecule has 124 valence electrons. The molecule has 2 N–H and O–H groups in total. The van der Waals surface area contributed by atoms with E-state index in [-0.39, 0.29) is 18.2 Å². The minimum atomic E-state index is -0.472. The molecule has 0 bridgehead atoms. The highest BCUT2D eigenvalue weighted by Gasteiger charge is 2.19. The van der Waals surface area contributed by atoms with Crippen molar-refractivity contribution in [3.05, 3.63) is 34.3 Å². The van der Waals surface area contributed by atoms with E-state index < -0.39 is 5.60 Å². The van der Waals surface area contributed by atoms with Gasteiger partial charge in [-0.1, -0.05) is 35.0 Å². The van der Waals surface area contributed by atoms with Gasteiger partial charge in [-0.15, -0.1) is 0 Å². The van der Waals surface area contributed by atoms with Gasteiger partial charge in [0.25, 0.3) is 0 Å². The zero-order valence-electron chi connectivity index (χ0n) is 14.1. The Labute approximate surface area is 142 Å². The van der Waals surface area contributed by atoms with Gasteiger partial charge >= 0.3 is 6.09 Å². The molecule has 2 atom stereocenters. The highest BCUT2D eigenvalue weighted by molar-refractivity contribution is 9.10. The fraction of sp³-hybridized carbons (Fsp3) is 0.588. The molecule has 0 aromatic heterocycles. The highest BCUT2D eigenvalue weighted by atomic mass is 79.9. The molecule has 0 radical (unpaired) electrons. The zero-order valence-corrected chi connectivity index (χ0v) is 15.7. The summed E-state index contributed by atoms with van der Waals surface area (Å²) < 4.78 is 6.36. The maximum absolute atomic E-state index is 11.8. The lowest BCUT2D eigenvalue weighted by Crippen LogP contribution is -2.44. The fourth-order valence-corrected chi connectivity index (χ4v) is 2.22. The minimum absolute atomic E-state index is 0.0488. The van der Waals surface area contributed by atoms with Crippen LogP contribution in [0.3, 0.4) is 0 Å². The van der Waals surface area contributed by atoms with Crippen molar-refractivity contribution in [1.29, 1.82) is 0 Å². The molecule has 0 saturated heterocycles. The molecule has 0 saturated carbocycles. The predicted molar refractivity (Wildman–Crippen MR) is 94.0 cm³/mol. The smallest absolute Gasteiger partial charge is 0.407 e. The van der Waals surface area contributed by atoms with Crippen LogP contribution in [0.1, 0.15) is 52.6 Å². The molecule has 1 aromatic carbocycles. The number of hydrogen-bond acceptors (Lipinski definition) is 3. The van der Waals surface area contributed by atoms with E-state index in [0.29, 0.717) is 6.54 Å². The molecule has 2 unspecified atom stereocenters. The largest absolute Gasteiger partial charge is 0.444 e. The molecule has 1 amide bonds. The molecular weight excluding hydrogens is 344 g/mol. The first-order valence-corrected chi connectivity index (χ1v) is 8.49. The van der Waals surface area contributed by atoms with E-state index in [2.05, 4.69) is 45.6 Å². The Morgan fingerprint density at radius 3 is 2.36 bits per heavy atom. The molecule has 0 aliphatic heterocycles. The van der Waals surface area contributed by atoms with Crippen molar-refractivity contribution in [3.8, 4) is 0 Å². The van der Waals surface area contributed by atoms with Crippen LogP contribution >= 0.6 is 15.9 Å². The molecule has 0 aliphatic rings. The van der Waals surface area contributed by atoms with Crippen molar-refractivity contribution in [3.63, 3.8) is 0 Å². The SMILES string of the molecule is CCC(CNC(C)c1ccc(Br)cc1)NC(=O)OC(C)(C)C. The summed E-state index contributed by atoms with van der Waals surface area (Å²) in [5.74, 6) is 0. The van der Waals surface area contributed by atoms with Gasteiger partial charge in [0, 0.05) is 23.1 Å². The van der Waals surface area contributed by atoms with Gasteiger partial charge in [0.2, 0.25) is 0 Å². The molecule has 0 spiro atoms. The number of carbonyl (C=O) groups is 1. The number of carbonyl (C=O) groups excluding carboxylic acids is 1. The Morgan fingerprint density at radius 1 is 1.27 bits per heavy atom. The number of halogens is 1. The third-order valence-corrected chi connectivity index (χ3v) is 3.78. The van der Waals surface area contributed by atoms with Crippen LogP contribution in [0.4, 0.5) is 4.79 Å². The first kappa shape index (κ1) is 19.0. The summed E-state index contributed by atoms with van der Waals surface area (Å²) in [6.07, 6.45) is 0.483. The summed E-state index contributed by atoms with van der Waals surface area (Å²) in [5.41, 5.74) is 0.746. The predicted octanol–water partition coefficient (Wildman–Crippen LogP) is 4.40. The van der Waals surface area contributed by atoms with Gasteiger partial charge in [-0.3, -0.25) is 0 Å². The Hall–Kier alpha value is -1.07. The zero-order chi connectivity index (χ0) is 16.8. The maximum Gasteiger partial charge on any atom is 0.407 e. The molecule has 5 heteroatoms. The van der Waals surface area contributed by atoms with Crippen molar-refractivity contribution in [2.24, 2.45) is 0 Å². The van der Waals surface area contributed by atoms with Crippen molar-refractivity contribution in [1.82, 2.24) is 10.6 Å². The van der Waals surface area contributed by atoms with Crippen LogP contribution in [0.25, 0.3) is 0 Å². The van der Waals surface area contributed by atoms with Gasteiger partial charge in [0.1, 0.15) is 5.60 Å². The van der Waals surface area contributed by atoms with E-state index in [1.807, 2.05) is 39.8 Å². The average Bonchev–Trinajstić information content (AvgIpc) is 2.41. The van der Waals surface area contributed by atoms with E-state index >= 15 is 0 Å². The van der Waals surface area contributed by atoms with Crippen LogP contribution in [0.5, 0.6) is 0 Å². The van der Waals surface area contributed by atoms with Crippen molar-refractivity contribution in [2.45, 2.75) is 58.7 Å². The van der Waals surface area contributed by atoms with Gasteiger partial charge in [0.15, 0.2) is 0 Å². The monoisotopic (exact) mass is 370 g/mol. The van der Waals surface area contributed by atoms with Crippen molar-refractivity contribution >= 4 is 22.0 Å². The van der Waals surface area contributed by atoms with Crippen LogP contribution in [0.15, 0.2) is 28.7 Å². The maximum atomic E-state index is 11.8. The second kappa shape index (κ2) is 8.53. The summed E-state index contributed by atoms with van der Waals surface area (Å²) in [6.45, 7) is 10.5. The Bertz CT molecular complexity index is 469. The number of nitrogens with one attached hydrogen (secondary N) is 2. The number of alkyl carbamates (subject to hydrolysis) is 1. The number of ether oxygens (including phenoxy) is 1. The first-order chi connectivity index (χ1) is 10.2. The average molecular weight is 371 g/mol. The third-order valence-electron chi connectivity index (χ3n) is 3.25. The fourth-order valence-electron chi connectivity index (χ4n) is 1.96. The third kappa shape index (κ3) is 7.27. The quantitative estimate of drug-likeness (QED) is 0.779. The summed E-state index contributed by atoms with van der Waals surface area (Å²) >= 11 is 3.44. The van der Waals surface area contributed by atoms with Gasteiger partial charge in [0.05, 0.1) is 0 Å². The number of benzene rings is 1. The van der Waals surface area contributed by atoms with Gasteiger partial charge in [-0.2, -0.15) is 0 Å². The Morgan fingerprint density at radius 2 is 1.86 bits per heavy atom. The Kier molecular flexibility index (Phi) is 7.36. The summed E-state index contributed by atoms with van der Waals surface area (Å²) in [4.78, 5) is 11.8. The topological polar surface area (TPSA) is 50.4 Å². The molecule has 22 heavy (non-hydrogen) atoms. The highest BCUT2D eigenvalue weighted by Crippen LogP contribution is 2.16. The molecule has 1 rings (SSSR count). The van der Waals surface area contributed by atoms with Gasteiger partial charge in [-0.25, -0.2) is 4.79 Å². The van der Waals surface area contributed by atoms with E-state index in [0.717, 1.165) is 10.9 Å². The normalized spacial score (nSPS) is 14.3. The second-order valence-electron chi connectivity index (χ2n) is 6.43. The number of rotatable bonds is 6. The lowest BCUT2D eigenvalue weighted by molar-refractivity contribution is 0.0502. The Balaban J connectivity index is 2.46. The molecule has 0 heterocycles. The standard InChI is InChI=1S/C17H27BrN2O2/c1-6-15(20-16(21)22-17(3,4)5)11-19-12(2)13-7-9-14(18)10-8-13/h7-10,12,15,19H,6,11H2,1-5H3,(H,20,21). The molecule has 1 aromatic rings. The molecule has 0 fully saturated rings. The van der Waals surface area contributed by atoms with E-state index in [4.69, 9.17) is 4.74 Å². The summed E-state index contributed by atoms with van der Waals surface area (Å²) in [6, 6.07) is 8.51. The van der Waals surface area contributed by atoms with Crippen LogP contribution < -0.4 is 10.6 Å². The van der Waals surface area contributed by atoms with E-state index in [9.17, 15) is 4.79 Å².